The second-order valence-corrected chi connectivity index (χ2v) is 9.06. The minimum atomic E-state index is -3.47. The minimum Gasteiger partial charge on any atom is -0.346 e. The summed E-state index contributed by atoms with van der Waals surface area (Å²) in [6.07, 6.45) is 3.04. The fraction of sp³-hybridized carbons (Fsp3) is 0.211. The highest BCUT2D eigenvalue weighted by Crippen LogP contribution is 2.23. The second-order valence-electron chi connectivity index (χ2n) is 6.09. The molecule has 2 aromatic carbocycles. The van der Waals surface area contributed by atoms with Crippen LogP contribution in [0.5, 0.6) is 0 Å². The zero-order chi connectivity index (χ0) is 20.2. The summed E-state index contributed by atoms with van der Waals surface area (Å²) in [4.78, 5) is 12.3. The third kappa shape index (κ3) is 5.56. The molecule has 0 saturated heterocycles. The molecule has 144 valence electrons. The molecule has 1 amide bonds. The maximum Gasteiger partial charge on any atom is 0.244 e. The van der Waals surface area contributed by atoms with Crippen molar-refractivity contribution in [2.24, 2.45) is 0 Å². The lowest BCUT2D eigenvalue weighted by molar-refractivity contribution is -0.117. The lowest BCUT2D eigenvalue weighted by atomic mass is 10.1. The molecule has 27 heavy (non-hydrogen) atoms. The molecular weight excluding hydrogens is 407 g/mol. The standard InChI is InChI=1S/C19H20Cl2N2O3S/c1-13(15-6-8-16(9-7-15)27(25,26)23(2)3)22-19(24)11-5-14-4-10-17(20)18(21)12-14/h4-13H,1-3H3,(H,22,24). The Bertz CT molecular complexity index is 955. The third-order valence-corrected chi connectivity index (χ3v) is 6.46. The highest BCUT2D eigenvalue weighted by molar-refractivity contribution is 7.89. The van der Waals surface area contributed by atoms with Crippen LogP contribution < -0.4 is 5.32 Å². The van der Waals surface area contributed by atoms with Gasteiger partial charge in [0.1, 0.15) is 0 Å². The molecule has 0 aliphatic heterocycles. The fourth-order valence-corrected chi connectivity index (χ4v) is 3.48. The zero-order valence-corrected chi connectivity index (χ0v) is 17.4. The van der Waals surface area contributed by atoms with Crippen LogP contribution in [0.25, 0.3) is 6.08 Å². The van der Waals surface area contributed by atoms with Crippen molar-refractivity contribution in [1.29, 1.82) is 0 Å². The van der Waals surface area contributed by atoms with E-state index in [0.717, 1.165) is 15.4 Å². The van der Waals surface area contributed by atoms with Gasteiger partial charge in [-0.3, -0.25) is 4.79 Å². The van der Waals surface area contributed by atoms with Gasteiger partial charge < -0.3 is 5.32 Å². The molecule has 0 radical (unpaired) electrons. The Labute approximate surface area is 169 Å². The van der Waals surface area contributed by atoms with Crippen molar-refractivity contribution in [3.05, 3.63) is 69.7 Å². The molecular formula is C19H20Cl2N2O3S. The van der Waals surface area contributed by atoms with Crippen molar-refractivity contribution in [2.45, 2.75) is 17.9 Å². The number of hydrogen-bond acceptors (Lipinski definition) is 3. The lowest BCUT2D eigenvalue weighted by Gasteiger charge is -2.15. The van der Waals surface area contributed by atoms with E-state index in [9.17, 15) is 13.2 Å². The van der Waals surface area contributed by atoms with Crippen LogP contribution in [-0.4, -0.2) is 32.7 Å². The van der Waals surface area contributed by atoms with Gasteiger partial charge in [0.15, 0.2) is 0 Å². The number of carbonyl (C=O) groups is 1. The Balaban J connectivity index is 2.03. The predicted octanol–water partition coefficient (Wildman–Crippen LogP) is 4.13. The highest BCUT2D eigenvalue weighted by Gasteiger charge is 2.17. The van der Waals surface area contributed by atoms with Gasteiger partial charge in [0.05, 0.1) is 21.0 Å². The number of hydrogen-bond donors (Lipinski definition) is 1. The molecule has 2 rings (SSSR count). The Morgan fingerprint density at radius 1 is 1.07 bits per heavy atom. The van der Waals surface area contributed by atoms with E-state index in [4.69, 9.17) is 23.2 Å². The van der Waals surface area contributed by atoms with Crippen LogP contribution in [0.1, 0.15) is 24.1 Å². The van der Waals surface area contributed by atoms with Gasteiger partial charge in [-0.1, -0.05) is 41.4 Å². The molecule has 1 unspecified atom stereocenters. The first-order valence-corrected chi connectivity index (χ1v) is 10.3. The van der Waals surface area contributed by atoms with E-state index in [-0.39, 0.29) is 16.8 Å². The van der Waals surface area contributed by atoms with Crippen LogP contribution in [0.4, 0.5) is 0 Å². The molecule has 5 nitrogen and oxygen atoms in total. The largest absolute Gasteiger partial charge is 0.346 e. The fourth-order valence-electron chi connectivity index (χ4n) is 2.27. The molecule has 1 atom stereocenters. The van der Waals surface area contributed by atoms with E-state index < -0.39 is 10.0 Å². The smallest absolute Gasteiger partial charge is 0.244 e. The summed E-state index contributed by atoms with van der Waals surface area (Å²) in [6.45, 7) is 1.82. The maximum absolute atomic E-state index is 12.1. The predicted molar refractivity (Wildman–Crippen MR) is 109 cm³/mol. The van der Waals surface area contributed by atoms with E-state index >= 15 is 0 Å². The van der Waals surface area contributed by atoms with Gasteiger partial charge in [-0.2, -0.15) is 0 Å². The molecule has 0 aliphatic rings. The molecule has 0 fully saturated rings. The van der Waals surface area contributed by atoms with E-state index in [1.54, 1.807) is 36.4 Å². The minimum absolute atomic E-state index is 0.203. The average molecular weight is 427 g/mol. The topological polar surface area (TPSA) is 66.5 Å². The van der Waals surface area contributed by atoms with Crippen molar-refractivity contribution < 1.29 is 13.2 Å². The molecule has 0 aliphatic carbocycles. The van der Waals surface area contributed by atoms with Crippen LogP contribution in [0.3, 0.4) is 0 Å². The molecule has 0 spiro atoms. The number of carbonyl (C=O) groups excluding carboxylic acids is 1. The molecule has 2 aromatic rings. The molecule has 0 heterocycles. The SMILES string of the molecule is CC(NC(=O)C=Cc1ccc(Cl)c(Cl)c1)c1ccc(S(=O)(=O)N(C)C)cc1. The normalized spacial score (nSPS) is 13.1. The van der Waals surface area contributed by atoms with E-state index in [1.807, 2.05) is 6.92 Å². The van der Waals surface area contributed by atoms with Crippen molar-refractivity contribution in [2.75, 3.05) is 14.1 Å². The van der Waals surface area contributed by atoms with Crippen LogP contribution in [0.2, 0.25) is 10.0 Å². The second kappa shape index (κ2) is 8.89. The lowest BCUT2D eigenvalue weighted by Crippen LogP contribution is -2.25. The summed E-state index contributed by atoms with van der Waals surface area (Å²) in [5.41, 5.74) is 1.55. The molecule has 8 heteroatoms. The summed E-state index contributed by atoms with van der Waals surface area (Å²) < 4.78 is 25.3. The van der Waals surface area contributed by atoms with Gasteiger partial charge in [-0.05, 0) is 48.4 Å². The van der Waals surface area contributed by atoms with Crippen LogP contribution in [0.15, 0.2) is 53.4 Å². The van der Waals surface area contributed by atoms with Gasteiger partial charge in [0, 0.05) is 20.2 Å². The van der Waals surface area contributed by atoms with Crippen LogP contribution in [-0.2, 0) is 14.8 Å². The first kappa shape index (κ1) is 21.4. The molecule has 0 bridgehead atoms. The third-order valence-electron chi connectivity index (χ3n) is 3.89. The first-order valence-electron chi connectivity index (χ1n) is 8.07. The number of halogens is 2. The van der Waals surface area contributed by atoms with Crippen LogP contribution >= 0.6 is 23.2 Å². The molecule has 1 N–H and O–H groups in total. The van der Waals surface area contributed by atoms with Crippen molar-refractivity contribution in [1.82, 2.24) is 9.62 Å². The van der Waals surface area contributed by atoms with E-state index in [1.165, 1.54) is 32.3 Å². The Kier molecular flexibility index (Phi) is 7.06. The number of rotatable bonds is 6. The molecule has 0 saturated carbocycles. The number of nitrogens with zero attached hydrogens (tertiary/aromatic N) is 1. The van der Waals surface area contributed by atoms with Crippen molar-refractivity contribution in [3.63, 3.8) is 0 Å². The summed E-state index contributed by atoms with van der Waals surface area (Å²) in [5, 5.41) is 3.70. The quantitative estimate of drug-likeness (QED) is 0.705. The summed E-state index contributed by atoms with van der Waals surface area (Å²) >= 11 is 11.8. The Morgan fingerprint density at radius 2 is 1.70 bits per heavy atom. The van der Waals surface area contributed by atoms with Crippen LogP contribution in [0, 0.1) is 0 Å². The summed E-state index contributed by atoms with van der Waals surface area (Å²) in [6, 6.07) is 11.2. The number of benzene rings is 2. The van der Waals surface area contributed by atoms with Crippen molar-refractivity contribution >= 4 is 45.2 Å². The molecule has 0 aromatic heterocycles. The van der Waals surface area contributed by atoms with Gasteiger partial charge in [0.25, 0.3) is 0 Å². The van der Waals surface area contributed by atoms with Gasteiger partial charge in [-0.15, -0.1) is 0 Å². The van der Waals surface area contributed by atoms with Gasteiger partial charge in [-0.25, -0.2) is 12.7 Å². The average Bonchev–Trinajstić information content (AvgIpc) is 2.62. The summed E-state index contributed by atoms with van der Waals surface area (Å²) in [7, 11) is -0.517. The first-order chi connectivity index (χ1) is 12.6. The van der Waals surface area contributed by atoms with E-state index in [0.29, 0.717) is 10.0 Å². The highest BCUT2D eigenvalue weighted by atomic mass is 35.5. The van der Waals surface area contributed by atoms with Gasteiger partial charge >= 0.3 is 0 Å². The number of nitrogens with one attached hydrogen (secondary N) is 1. The Hall–Kier alpha value is -1.86. The van der Waals surface area contributed by atoms with Crippen molar-refractivity contribution in [3.8, 4) is 0 Å². The van der Waals surface area contributed by atoms with Gasteiger partial charge in [0.2, 0.25) is 15.9 Å². The zero-order valence-electron chi connectivity index (χ0n) is 15.1. The monoisotopic (exact) mass is 426 g/mol. The van der Waals surface area contributed by atoms with E-state index in [2.05, 4.69) is 5.32 Å². The Morgan fingerprint density at radius 3 is 2.26 bits per heavy atom. The summed E-state index contributed by atoms with van der Waals surface area (Å²) in [5.74, 6) is -0.279. The maximum atomic E-state index is 12.1. The number of sulfonamides is 1. The number of amides is 1.